The summed E-state index contributed by atoms with van der Waals surface area (Å²) >= 11 is 3.09. The molecule has 0 saturated carbocycles. The second-order valence-corrected chi connectivity index (χ2v) is 8.61. The lowest BCUT2D eigenvalue weighted by Crippen LogP contribution is -2.15. The first-order chi connectivity index (χ1) is 15.6. The molecule has 0 fully saturated rings. The van der Waals surface area contributed by atoms with Gasteiger partial charge in [-0.3, -0.25) is 4.79 Å². The van der Waals surface area contributed by atoms with E-state index in [0.717, 1.165) is 17.3 Å². The fourth-order valence-electron chi connectivity index (χ4n) is 2.81. The number of thioether (sulfide) groups is 2. The number of allylic oxidation sites excluding steroid dienone is 1. The highest BCUT2D eigenvalue weighted by Gasteiger charge is 2.14. The number of hydrogen-bond acceptors (Lipinski definition) is 7. The first-order valence-corrected chi connectivity index (χ1v) is 12.0. The summed E-state index contributed by atoms with van der Waals surface area (Å²) in [6, 6.07) is 16.8. The summed E-state index contributed by atoms with van der Waals surface area (Å²) in [5, 5.41) is 12.1. The lowest BCUT2D eigenvalue weighted by Gasteiger charge is -2.08. The van der Waals surface area contributed by atoms with Crippen LogP contribution in [0.15, 0.2) is 72.4 Å². The Kier molecular flexibility index (Phi) is 8.94. The van der Waals surface area contributed by atoms with Gasteiger partial charge in [-0.2, -0.15) is 0 Å². The van der Waals surface area contributed by atoms with Gasteiger partial charge in [-0.05, 0) is 29.8 Å². The summed E-state index contributed by atoms with van der Waals surface area (Å²) in [6.07, 6.45) is 1.79. The molecule has 1 amide bonds. The third-order valence-corrected chi connectivity index (χ3v) is 6.34. The predicted molar refractivity (Wildman–Crippen MR) is 129 cm³/mol. The van der Waals surface area contributed by atoms with Gasteiger partial charge in [0.05, 0.1) is 24.2 Å². The lowest BCUT2D eigenvalue weighted by atomic mass is 10.2. The van der Waals surface area contributed by atoms with Crippen LogP contribution in [0.1, 0.15) is 21.7 Å². The van der Waals surface area contributed by atoms with E-state index in [1.807, 2.05) is 22.8 Å². The molecule has 32 heavy (non-hydrogen) atoms. The minimum Gasteiger partial charge on any atom is -0.465 e. The number of methoxy groups -OCH3 is 1. The third-order valence-electron chi connectivity index (χ3n) is 4.37. The number of carbonyl (C=O) groups excluding carboxylic acids is 2. The first-order valence-electron chi connectivity index (χ1n) is 9.86. The van der Waals surface area contributed by atoms with Crippen LogP contribution in [0.3, 0.4) is 0 Å². The minimum absolute atomic E-state index is 0.172. The van der Waals surface area contributed by atoms with Crippen LogP contribution in [0.4, 0.5) is 5.69 Å². The standard InChI is InChI=1S/C23H24N4O3S2/c1-3-13-27-20(15-31-14-17-7-5-4-6-8-17)25-26-23(27)32-16-21(28)24-19-11-9-18(10-12-19)22(29)30-2/h3-12H,1,13-16H2,2H3,(H,24,28). The molecule has 9 heteroatoms. The number of rotatable bonds is 11. The molecule has 0 saturated heterocycles. The molecule has 0 aliphatic rings. The van der Waals surface area contributed by atoms with Crippen LogP contribution in [-0.4, -0.2) is 39.5 Å². The Morgan fingerprint density at radius 3 is 2.53 bits per heavy atom. The number of esters is 1. The summed E-state index contributed by atoms with van der Waals surface area (Å²) in [6.45, 7) is 4.39. The van der Waals surface area contributed by atoms with Gasteiger partial charge in [0.25, 0.3) is 0 Å². The van der Waals surface area contributed by atoms with Crippen LogP contribution in [0.25, 0.3) is 0 Å². The highest BCUT2D eigenvalue weighted by atomic mass is 32.2. The van der Waals surface area contributed by atoms with Gasteiger partial charge in [0.2, 0.25) is 5.91 Å². The van der Waals surface area contributed by atoms with Gasteiger partial charge in [0.1, 0.15) is 5.82 Å². The van der Waals surface area contributed by atoms with Crippen molar-refractivity contribution in [3.63, 3.8) is 0 Å². The van der Waals surface area contributed by atoms with Crippen molar-refractivity contribution in [3.05, 3.63) is 84.2 Å². The Balaban J connectivity index is 1.54. The highest BCUT2D eigenvalue weighted by Crippen LogP contribution is 2.22. The second kappa shape index (κ2) is 12.1. The van der Waals surface area contributed by atoms with Crippen molar-refractivity contribution in [2.75, 3.05) is 18.2 Å². The van der Waals surface area contributed by atoms with E-state index in [9.17, 15) is 9.59 Å². The molecular formula is C23H24N4O3S2. The average molecular weight is 469 g/mol. The number of ether oxygens (including phenoxy) is 1. The SMILES string of the molecule is C=CCn1c(CSCc2ccccc2)nnc1SCC(=O)Nc1ccc(C(=O)OC)cc1. The maximum absolute atomic E-state index is 12.4. The predicted octanol–water partition coefficient (Wildman–Crippen LogP) is 4.41. The van der Waals surface area contributed by atoms with E-state index in [2.05, 4.69) is 39.0 Å². The molecule has 1 N–H and O–H groups in total. The summed E-state index contributed by atoms with van der Waals surface area (Å²) in [5.41, 5.74) is 2.29. The molecule has 3 aromatic rings. The number of carbonyl (C=O) groups is 2. The quantitative estimate of drug-likeness (QED) is 0.253. The van der Waals surface area contributed by atoms with Crippen LogP contribution in [0.5, 0.6) is 0 Å². The van der Waals surface area contributed by atoms with E-state index in [4.69, 9.17) is 0 Å². The van der Waals surface area contributed by atoms with Crippen LogP contribution in [0.2, 0.25) is 0 Å². The zero-order chi connectivity index (χ0) is 22.8. The van der Waals surface area contributed by atoms with E-state index in [1.165, 1.54) is 24.4 Å². The van der Waals surface area contributed by atoms with Crippen molar-refractivity contribution < 1.29 is 14.3 Å². The van der Waals surface area contributed by atoms with Gasteiger partial charge >= 0.3 is 5.97 Å². The fraction of sp³-hybridized carbons (Fsp3) is 0.217. The molecule has 0 bridgehead atoms. The average Bonchev–Trinajstić information content (AvgIpc) is 3.20. The number of nitrogens with zero attached hydrogens (tertiary/aromatic N) is 3. The van der Waals surface area contributed by atoms with E-state index in [-0.39, 0.29) is 11.7 Å². The Bertz CT molecular complexity index is 1050. The normalized spacial score (nSPS) is 10.5. The summed E-state index contributed by atoms with van der Waals surface area (Å²) in [5.74, 6) is 2.06. The van der Waals surface area contributed by atoms with Gasteiger partial charge in [-0.1, -0.05) is 48.2 Å². The highest BCUT2D eigenvalue weighted by molar-refractivity contribution is 7.99. The van der Waals surface area contributed by atoms with Gasteiger partial charge in [-0.25, -0.2) is 4.79 Å². The van der Waals surface area contributed by atoms with E-state index < -0.39 is 5.97 Å². The van der Waals surface area contributed by atoms with Crippen molar-refractivity contribution in [1.82, 2.24) is 14.8 Å². The number of amides is 1. The molecule has 1 aromatic heterocycles. The van der Waals surface area contributed by atoms with Gasteiger partial charge in [-0.15, -0.1) is 28.5 Å². The molecular weight excluding hydrogens is 444 g/mol. The molecule has 2 aromatic carbocycles. The van der Waals surface area contributed by atoms with E-state index in [1.54, 1.807) is 42.1 Å². The fourth-order valence-corrected chi connectivity index (χ4v) is 4.51. The zero-order valence-corrected chi connectivity index (χ0v) is 19.3. The molecule has 166 valence electrons. The third kappa shape index (κ3) is 6.73. The van der Waals surface area contributed by atoms with Crippen LogP contribution in [0, 0.1) is 0 Å². The van der Waals surface area contributed by atoms with Gasteiger partial charge in [0.15, 0.2) is 5.16 Å². The minimum atomic E-state index is -0.419. The van der Waals surface area contributed by atoms with Crippen molar-refractivity contribution >= 4 is 41.1 Å². The molecule has 0 aliphatic heterocycles. The van der Waals surface area contributed by atoms with Crippen molar-refractivity contribution in [2.24, 2.45) is 0 Å². The Labute approximate surface area is 195 Å². The molecule has 0 unspecified atom stereocenters. The van der Waals surface area contributed by atoms with Crippen LogP contribution < -0.4 is 5.32 Å². The maximum atomic E-state index is 12.4. The van der Waals surface area contributed by atoms with Crippen molar-refractivity contribution in [2.45, 2.75) is 23.2 Å². The summed E-state index contributed by atoms with van der Waals surface area (Å²) in [7, 11) is 1.33. The number of nitrogens with one attached hydrogen (secondary N) is 1. The molecule has 0 atom stereocenters. The van der Waals surface area contributed by atoms with Crippen molar-refractivity contribution in [1.29, 1.82) is 0 Å². The maximum Gasteiger partial charge on any atom is 0.337 e. The summed E-state index contributed by atoms with van der Waals surface area (Å²) in [4.78, 5) is 23.9. The van der Waals surface area contributed by atoms with Crippen LogP contribution >= 0.6 is 23.5 Å². The molecule has 1 heterocycles. The topological polar surface area (TPSA) is 86.1 Å². The second-order valence-electron chi connectivity index (χ2n) is 6.68. The molecule has 7 nitrogen and oxygen atoms in total. The molecule has 3 rings (SSSR count). The Morgan fingerprint density at radius 2 is 1.84 bits per heavy atom. The zero-order valence-electron chi connectivity index (χ0n) is 17.7. The largest absolute Gasteiger partial charge is 0.465 e. The van der Waals surface area contributed by atoms with E-state index in [0.29, 0.717) is 23.0 Å². The van der Waals surface area contributed by atoms with E-state index >= 15 is 0 Å². The summed E-state index contributed by atoms with van der Waals surface area (Å²) < 4.78 is 6.65. The first kappa shape index (κ1) is 23.6. The number of hydrogen-bond donors (Lipinski definition) is 1. The Morgan fingerprint density at radius 1 is 1.09 bits per heavy atom. The molecule has 0 spiro atoms. The molecule has 0 radical (unpaired) electrons. The van der Waals surface area contributed by atoms with Crippen LogP contribution in [-0.2, 0) is 27.6 Å². The van der Waals surface area contributed by atoms with Crippen molar-refractivity contribution in [3.8, 4) is 0 Å². The smallest absolute Gasteiger partial charge is 0.337 e. The lowest BCUT2D eigenvalue weighted by molar-refractivity contribution is -0.113. The van der Waals surface area contributed by atoms with Gasteiger partial charge < -0.3 is 14.6 Å². The monoisotopic (exact) mass is 468 g/mol. The number of aromatic nitrogens is 3. The Hall–Kier alpha value is -3.04. The number of anilines is 1. The number of benzene rings is 2. The van der Waals surface area contributed by atoms with Gasteiger partial charge in [0, 0.05) is 18.0 Å². The molecule has 0 aliphatic carbocycles.